The lowest BCUT2D eigenvalue weighted by atomic mass is 10.1. The summed E-state index contributed by atoms with van der Waals surface area (Å²) in [6.45, 7) is 4.55. The SMILES string of the molecule is CC(C)C(Sc1nc2cc(Cl)ccc2n1C)C(=O)NCc1cccnc1. The number of amides is 1. The van der Waals surface area contributed by atoms with Gasteiger partial charge >= 0.3 is 0 Å². The van der Waals surface area contributed by atoms with Crippen molar-refractivity contribution in [3.05, 3.63) is 53.3 Å². The van der Waals surface area contributed by atoms with Gasteiger partial charge in [-0.05, 0) is 35.7 Å². The first-order chi connectivity index (χ1) is 12.5. The van der Waals surface area contributed by atoms with Crippen LogP contribution in [0.25, 0.3) is 11.0 Å². The summed E-state index contributed by atoms with van der Waals surface area (Å²) < 4.78 is 2.00. The van der Waals surface area contributed by atoms with Crippen molar-refractivity contribution in [3.8, 4) is 0 Å². The van der Waals surface area contributed by atoms with E-state index in [2.05, 4.69) is 15.3 Å². The topological polar surface area (TPSA) is 59.8 Å². The van der Waals surface area contributed by atoms with Crippen LogP contribution in [0.4, 0.5) is 0 Å². The van der Waals surface area contributed by atoms with Crippen molar-refractivity contribution >= 4 is 40.3 Å². The van der Waals surface area contributed by atoms with Crippen molar-refractivity contribution < 1.29 is 4.79 Å². The van der Waals surface area contributed by atoms with Crippen LogP contribution < -0.4 is 5.32 Å². The Balaban J connectivity index is 1.76. The molecule has 7 heteroatoms. The maximum Gasteiger partial charge on any atom is 0.234 e. The van der Waals surface area contributed by atoms with E-state index in [-0.39, 0.29) is 17.1 Å². The fraction of sp³-hybridized carbons (Fsp3) is 0.316. The van der Waals surface area contributed by atoms with Crippen molar-refractivity contribution in [3.63, 3.8) is 0 Å². The Morgan fingerprint density at radius 1 is 1.35 bits per heavy atom. The Morgan fingerprint density at radius 3 is 2.85 bits per heavy atom. The minimum atomic E-state index is -0.238. The second-order valence-electron chi connectivity index (χ2n) is 6.45. The third-order valence-electron chi connectivity index (χ3n) is 4.09. The Labute approximate surface area is 162 Å². The van der Waals surface area contributed by atoms with E-state index in [4.69, 9.17) is 11.6 Å². The molecule has 1 unspecified atom stereocenters. The highest BCUT2D eigenvalue weighted by Gasteiger charge is 2.25. The number of imidazole rings is 1. The molecule has 26 heavy (non-hydrogen) atoms. The quantitative estimate of drug-likeness (QED) is 0.647. The Bertz CT molecular complexity index is 911. The highest BCUT2D eigenvalue weighted by Crippen LogP contribution is 2.31. The smallest absolute Gasteiger partial charge is 0.234 e. The zero-order valence-corrected chi connectivity index (χ0v) is 16.5. The van der Waals surface area contributed by atoms with Crippen LogP contribution in [0.5, 0.6) is 0 Å². The number of pyridine rings is 1. The van der Waals surface area contributed by atoms with Crippen LogP contribution in [0, 0.1) is 5.92 Å². The maximum atomic E-state index is 12.7. The van der Waals surface area contributed by atoms with Crippen molar-refractivity contribution in [2.75, 3.05) is 0 Å². The van der Waals surface area contributed by atoms with Crippen LogP contribution in [-0.2, 0) is 18.4 Å². The molecule has 0 saturated heterocycles. The van der Waals surface area contributed by atoms with E-state index >= 15 is 0 Å². The van der Waals surface area contributed by atoms with E-state index in [0.717, 1.165) is 21.8 Å². The molecule has 0 aliphatic heterocycles. The normalized spacial score (nSPS) is 12.5. The van der Waals surface area contributed by atoms with Crippen LogP contribution in [0.2, 0.25) is 5.02 Å². The highest BCUT2D eigenvalue weighted by atomic mass is 35.5. The van der Waals surface area contributed by atoms with E-state index in [9.17, 15) is 4.79 Å². The number of hydrogen-bond acceptors (Lipinski definition) is 4. The molecule has 0 saturated carbocycles. The van der Waals surface area contributed by atoms with E-state index in [1.54, 1.807) is 12.4 Å². The van der Waals surface area contributed by atoms with Gasteiger partial charge in [0.05, 0.1) is 16.3 Å². The van der Waals surface area contributed by atoms with Gasteiger partial charge in [0, 0.05) is 31.0 Å². The first-order valence-electron chi connectivity index (χ1n) is 8.41. The molecule has 0 fully saturated rings. The Hall–Kier alpha value is -2.05. The molecule has 3 rings (SSSR count). The first-order valence-corrected chi connectivity index (χ1v) is 9.66. The van der Waals surface area contributed by atoms with Gasteiger partial charge in [0.15, 0.2) is 5.16 Å². The number of hydrogen-bond donors (Lipinski definition) is 1. The Kier molecular flexibility index (Phi) is 5.84. The van der Waals surface area contributed by atoms with Gasteiger partial charge in [-0.3, -0.25) is 9.78 Å². The second-order valence-corrected chi connectivity index (χ2v) is 7.99. The zero-order valence-electron chi connectivity index (χ0n) is 14.9. The third-order valence-corrected chi connectivity index (χ3v) is 5.91. The zero-order chi connectivity index (χ0) is 18.7. The van der Waals surface area contributed by atoms with Gasteiger partial charge in [0.25, 0.3) is 0 Å². The van der Waals surface area contributed by atoms with Gasteiger partial charge < -0.3 is 9.88 Å². The molecule has 1 N–H and O–H groups in total. The lowest BCUT2D eigenvalue weighted by Crippen LogP contribution is -2.35. The third kappa shape index (κ3) is 4.19. The van der Waals surface area contributed by atoms with E-state index in [1.807, 2.05) is 55.8 Å². The summed E-state index contributed by atoms with van der Waals surface area (Å²) in [5, 5.41) is 4.22. The number of nitrogens with one attached hydrogen (secondary N) is 1. The van der Waals surface area contributed by atoms with Crippen molar-refractivity contribution in [2.45, 2.75) is 30.8 Å². The molecule has 1 atom stereocenters. The van der Waals surface area contributed by atoms with Crippen LogP contribution >= 0.6 is 23.4 Å². The molecule has 1 amide bonds. The summed E-state index contributed by atoms with van der Waals surface area (Å²) >= 11 is 7.54. The fourth-order valence-electron chi connectivity index (χ4n) is 2.65. The number of carbonyl (C=O) groups excluding carboxylic acids is 1. The van der Waals surface area contributed by atoms with Crippen molar-refractivity contribution in [1.29, 1.82) is 0 Å². The molecule has 5 nitrogen and oxygen atoms in total. The number of aryl methyl sites for hydroxylation is 1. The summed E-state index contributed by atoms with van der Waals surface area (Å²) in [6.07, 6.45) is 3.48. The van der Waals surface area contributed by atoms with Gasteiger partial charge in [0.2, 0.25) is 5.91 Å². The largest absolute Gasteiger partial charge is 0.351 e. The van der Waals surface area contributed by atoms with Crippen molar-refractivity contribution in [1.82, 2.24) is 19.9 Å². The molecule has 2 aromatic heterocycles. The number of benzene rings is 1. The van der Waals surface area contributed by atoms with Crippen LogP contribution in [0.3, 0.4) is 0 Å². The number of carbonyl (C=O) groups is 1. The molecular formula is C19H21ClN4OS. The van der Waals surface area contributed by atoms with Crippen LogP contribution in [0.1, 0.15) is 19.4 Å². The fourth-order valence-corrected chi connectivity index (χ4v) is 3.92. The van der Waals surface area contributed by atoms with Gasteiger partial charge in [-0.25, -0.2) is 4.98 Å². The highest BCUT2D eigenvalue weighted by molar-refractivity contribution is 8.00. The minimum Gasteiger partial charge on any atom is -0.351 e. The van der Waals surface area contributed by atoms with Gasteiger partial charge in [0.1, 0.15) is 0 Å². The van der Waals surface area contributed by atoms with Gasteiger partial charge in [-0.1, -0.05) is 43.3 Å². The van der Waals surface area contributed by atoms with Gasteiger partial charge in [-0.2, -0.15) is 0 Å². The van der Waals surface area contributed by atoms with E-state index in [1.165, 1.54) is 11.8 Å². The van der Waals surface area contributed by atoms with Crippen LogP contribution in [0.15, 0.2) is 47.9 Å². The predicted octanol–water partition coefficient (Wildman–Crippen LogP) is 4.05. The predicted molar refractivity (Wildman–Crippen MR) is 106 cm³/mol. The lowest BCUT2D eigenvalue weighted by molar-refractivity contribution is -0.121. The average molecular weight is 389 g/mol. The molecule has 136 valence electrons. The standard InChI is InChI=1S/C19H21ClN4OS/c1-12(2)17(18(25)22-11-13-5-4-8-21-10-13)26-19-23-15-9-14(20)6-7-16(15)24(19)3/h4-10,12,17H,11H2,1-3H3,(H,22,25). The first kappa shape index (κ1) is 18.7. The molecule has 1 aromatic carbocycles. The van der Waals surface area contributed by atoms with Crippen molar-refractivity contribution in [2.24, 2.45) is 13.0 Å². The van der Waals surface area contributed by atoms with Gasteiger partial charge in [-0.15, -0.1) is 0 Å². The monoisotopic (exact) mass is 388 g/mol. The summed E-state index contributed by atoms with van der Waals surface area (Å²) in [4.78, 5) is 21.5. The number of aromatic nitrogens is 3. The Morgan fingerprint density at radius 2 is 2.15 bits per heavy atom. The minimum absolute atomic E-state index is 0.000980. The summed E-state index contributed by atoms with van der Waals surface area (Å²) in [6, 6.07) is 9.44. The molecule has 0 aliphatic rings. The summed E-state index contributed by atoms with van der Waals surface area (Å²) in [5.41, 5.74) is 2.81. The molecule has 2 heterocycles. The number of rotatable bonds is 6. The number of nitrogens with zero attached hydrogens (tertiary/aromatic N) is 3. The average Bonchev–Trinajstić information content (AvgIpc) is 2.93. The van der Waals surface area contributed by atoms with Crippen LogP contribution in [-0.4, -0.2) is 25.7 Å². The molecular weight excluding hydrogens is 368 g/mol. The molecule has 3 aromatic rings. The van der Waals surface area contributed by atoms with E-state index in [0.29, 0.717) is 11.6 Å². The number of thioether (sulfide) groups is 1. The number of fused-ring (bicyclic) bond motifs is 1. The molecule has 0 aliphatic carbocycles. The lowest BCUT2D eigenvalue weighted by Gasteiger charge is -2.19. The second kappa shape index (κ2) is 8.10. The summed E-state index contributed by atoms with van der Waals surface area (Å²) in [7, 11) is 1.95. The number of halogens is 1. The summed E-state index contributed by atoms with van der Waals surface area (Å²) in [5.74, 6) is 0.163. The molecule has 0 bridgehead atoms. The maximum absolute atomic E-state index is 12.7. The van der Waals surface area contributed by atoms with E-state index < -0.39 is 0 Å². The molecule has 0 radical (unpaired) electrons. The molecule has 0 spiro atoms.